The van der Waals surface area contributed by atoms with Gasteiger partial charge in [0.15, 0.2) is 0 Å². The summed E-state index contributed by atoms with van der Waals surface area (Å²) < 4.78 is 0. The van der Waals surface area contributed by atoms with E-state index >= 15 is 0 Å². The molecule has 96 valence electrons. The number of rotatable bonds is 1. The molecule has 0 unspecified atom stereocenters. The SMILES string of the molecule is O=C(O)C1=CCc2c(c(O)c3ccccc3c2O)C1. The van der Waals surface area contributed by atoms with Crippen LogP contribution in [0.1, 0.15) is 11.1 Å². The normalized spacial score (nSPS) is 14.0. The zero-order valence-electron chi connectivity index (χ0n) is 10.1. The van der Waals surface area contributed by atoms with Crippen molar-refractivity contribution in [3.05, 3.63) is 47.0 Å². The Kier molecular flexibility index (Phi) is 2.45. The summed E-state index contributed by atoms with van der Waals surface area (Å²) in [7, 11) is 0. The molecule has 3 N–H and O–H groups in total. The van der Waals surface area contributed by atoms with Crippen molar-refractivity contribution in [3.63, 3.8) is 0 Å². The first-order chi connectivity index (χ1) is 9.09. The molecule has 4 heteroatoms. The van der Waals surface area contributed by atoms with Gasteiger partial charge in [0, 0.05) is 33.9 Å². The number of allylic oxidation sites excluding steroid dienone is 1. The molecule has 2 aromatic rings. The Morgan fingerprint density at radius 1 is 1.00 bits per heavy atom. The van der Waals surface area contributed by atoms with Gasteiger partial charge in [0.2, 0.25) is 0 Å². The summed E-state index contributed by atoms with van der Waals surface area (Å²) in [4.78, 5) is 11.0. The lowest BCUT2D eigenvalue weighted by Crippen LogP contribution is -2.11. The van der Waals surface area contributed by atoms with Crippen LogP contribution in [-0.4, -0.2) is 21.3 Å². The van der Waals surface area contributed by atoms with Gasteiger partial charge < -0.3 is 15.3 Å². The first-order valence-corrected chi connectivity index (χ1v) is 5.96. The Labute approximate surface area is 109 Å². The van der Waals surface area contributed by atoms with Crippen LogP contribution in [0.4, 0.5) is 0 Å². The van der Waals surface area contributed by atoms with E-state index in [1.807, 2.05) is 0 Å². The third-order valence-corrected chi connectivity index (χ3v) is 3.57. The molecule has 2 aromatic carbocycles. The van der Waals surface area contributed by atoms with Crippen molar-refractivity contribution in [2.24, 2.45) is 0 Å². The van der Waals surface area contributed by atoms with Gasteiger partial charge in [0.1, 0.15) is 11.5 Å². The van der Waals surface area contributed by atoms with E-state index in [1.165, 1.54) is 0 Å². The molecule has 0 fully saturated rings. The average Bonchev–Trinajstić information content (AvgIpc) is 2.44. The van der Waals surface area contributed by atoms with Gasteiger partial charge in [-0.25, -0.2) is 4.79 Å². The van der Waals surface area contributed by atoms with Gasteiger partial charge in [-0.3, -0.25) is 0 Å². The van der Waals surface area contributed by atoms with E-state index in [1.54, 1.807) is 30.3 Å². The number of carbonyl (C=O) groups is 1. The van der Waals surface area contributed by atoms with Crippen LogP contribution < -0.4 is 0 Å². The molecule has 0 aliphatic heterocycles. The summed E-state index contributed by atoms with van der Waals surface area (Å²) in [5, 5.41) is 30.7. The fraction of sp³-hybridized carbons (Fsp3) is 0.133. The van der Waals surface area contributed by atoms with Gasteiger partial charge >= 0.3 is 5.97 Å². The van der Waals surface area contributed by atoms with Crippen molar-refractivity contribution in [2.75, 3.05) is 0 Å². The van der Waals surface area contributed by atoms with Gasteiger partial charge in [0.25, 0.3) is 0 Å². The highest BCUT2D eigenvalue weighted by molar-refractivity contribution is 5.97. The van der Waals surface area contributed by atoms with Crippen molar-refractivity contribution in [1.29, 1.82) is 0 Å². The smallest absolute Gasteiger partial charge is 0.331 e. The van der Waals surface area contributed by atoms with E-state index in [-0.39, 0.29) is 23.5 Å². The molecule has 0 spiro atoms. The topological polar surface area (TPSA) is 77.8 Å². The van der Waals surface area contributed by atoms with Crippen LogP contribution in [0.3, 0.4) is 0 Å². The molecule has 0 saturated carbocycles. The van der Waals surface area contributed by atoms with E-state index < -0.39 is 5.97 Å². The molecular weight excluding hydrogens is 244 g/mol. The molecule has 1 aliphatic rings. The van der Waals surface area contributed by atoms with Gasteiger partial charge in [-0.15, -0.1) is 0 Å². The molecule has 0 atom stereocenters. The fourth-order valence-corrected chi connectivity index (χ4v) is 2.57. The Hall–Kier alpha value is -2.49. The molecule has 1 aliphatic carbocycles. The third-order valence-electron chi connectivity index (χ3n) is 3.57. The van der Waals surface area contributed by atoms with Crippen LogP contribution in [0, 0.1) is 0 Å². The first-order valence-electron chi connectivity index (χ1n) is 5.96. The zero-order valence-corrected chi connectivity index (χ0v) is 10.1. The minimum absolute atomic E-state index is 0.0650. The highest BCUT2D eigenvalue weighted by Gasteiger charge is 2.24. The molecule has 0 aromatic heterocycles. The van der Waals surface area contributed by atoms with Gasteiger partial charge in [-0.05, 0) is 6.42 Å². The first kappa shape index (κ1) is 11.6. The standard InChI is InChI=1S/C15H12O4/c16-13-9-3-1-2-4-10(9)14(17)12-7-8(15(18)19)5-6-11(12)13/h1-5,16-17H,6-7H2,(H,18,19). The van der Waals surface area contributed by atoms with E-state index in [0.717, 1.165) is 0 Å². The maximum Gasteiger partial charge on any atom is 0.331 e. The molecule has 3 rings (SSSR count). The highest BCUT2D eigenvalue weighted by Crippen LogP contribution is 2.42. The maximum absolute atomic E-state index is 11.0. The average molecular weight is 256 g/mol. The van der Waals surface area contributed by atoms with Crippen LogP contribution in [-0.2, 0) is 17.6 Å². The number of aromatic hydroxyl groups is 2. The number of carboxylic acids is 1. The summed E-state index contributed by atoms with van der Waals surface area (Å²) >= 11 is 0. The highest BCUT2D eigenvalue weighted by atomic mass is 16.4. The molecule has 4 nitrogen and oxygen atoms in total. The number of benzene rings is 2. The van der Waals surface area contributed by atoms with E-state index in [0.29, 0.717) is 28.3 Å². The van der Waals surface area contributed by atoms with Crippen molar-refractivity contribution in [3.8, 4) is 11.5 Å². The van der Waals surface area contributed by atoms with E-state index in [9.17, 15) is 15.0 Å². The molecular formula is C15H12O4. The lowest BCUT2D eigenvalue weighted by molar-refractivity contribution is -0.132. The second kappa shape index (κ2) is 4.02. The van der Waals surface area contributed by atoms with Gasteiger partial charge in [-0.1, -0.05) is 30.3 Å². The zero-order chi connectivity index (χ0) is 13.6. The Morgan fingerprint density at radius 3 is 2.16 bits per heavy atom. The lowest BCUT2D eigenvalue weighted by atomic mass is 9.87. The number of aliphatic carboxylic acids is 1. The maximum atomic E-state index is 11.0. The third kappa shape index (κ3) is 1.64. The summed E-state index contributed by atoms with van der Waals surface area (Å²) in [6, 6.07) is 7.00. The van der Waals surface area contributed by atoms with Gasteiger partial charge in [-0.2, -0.15) is 0 Å². The number of phenols is 2. The van der Waals surface area contributed by atoms with Crippen molar-refractivity contribution in [1.82, 2.24) is 0 Å². The van der Waals surface area contributed by atoms with Crippen LogP contribution in [0.5, 0.6) is 11.5 Å². The largest absolute Gasteiger partial charge is 0.507 e. The molecule has 0 radical (unpaired) electrons. The minimum Gasteiger partial charge on any atom is -0.507 e. The predicted octanol–water partition coefficient (Wildman–Crippen LogP) is 2.36. The fourth-order valence-electron chi connectivity index (χ4n) is 2.57. The van der Waals surface area contributed by atoms with Gasteiger partial charge in [0.05, 0.1) is 0 Å². The quantitative estimate of drug-likeness (QED) is 0.684. The Balaban J connectivity index is 2.29. The van der Waals surface area contributed by atoms with E-state index in [2.05, 4.69) is 0 Å². The van der Waals surface area contributed by atoms with Crippen molar-refractivity contribution >= 4 is 16.7 Å². The number of phenolic OH excluding ortho intramolecular Hbond substituents is 2. The molecule has 0 bridgehead atoms. The van der Waals surface area contributed by atoms with Crippen LogP contribution in [0.2, 0.25) is 0 Å². The monoisotopic (exact) mass is 256 g/mol. The predicted molar refractivity (Wildman–Crippen MR) is 70.4 cm³/mol. The summed E-state index contributed by atoms with van der Waals surface area (Å²) in [6.07, 6.45) is 2.04. The molecule has 0 saturated heterocycles. The number of hydrogen-bond donors (Lipinski definition) is 3. The number of fused-ring (bicyclic) bond motifs is 2. The van der Waals surface area contributed by atoms with Crippen LogP contribution >= 0.6 is 0 Å². The van der Waals surface area contributed by atoms with Crippen molar-refractivity contribution < 1.29 is 20.1 Å². The van der Waals surface area contributed by atoms with Crippen molar-refractivity contribution in [2.45, 2.75) is 12.8 Å². The Morgan fingerprint density at radius 2 is 1.58 bits per heavy atom. The number of carboxylic acid groups (broad SMARTS) is 1. The van der Waals surface area contributed by atoms with E-state index in [4.69, 9.17) is 5.11 Å². The minimum atomic E-state index is -0.988. The molecule has 0 amide bonds. The second-order valence-corrected chi connectivity index (χ2v) is 4.62. The Bertz CT molecular complexity index is 728. The summed E-state index contributed by atoms with van der Waals surface area (Å²) in [6.45, 7) is 0. The summed E-state index contributed by atoms with van der Waals surface area (Å²) in [5.41, 5.74) is 1.37. The summed E-state index contributed by atoms with van der Waals surface area (Å²) in [5.74, 6) is -0.794. The number of hydrogen-bond acceptors (Lipinski definition) is 3. The molecule has 19 heavy (non-hydrogen) atoms. The van der Waals surface area contributed by atoms with Crippen LogP contribution in [0.25, 0.3) is 10.8 Å². The van der Waals surface area contributed by atoms with Crippen LogP contribution in [0.15, 0.2) is 35.9 Å². The molecule has 0 heterocycles. The lowest BCUT2D eigenvalue weighted by Gasteiger charge is -2.19. The second-order valence-electron chi connectivity index (χ2n) is 4.62.